The summed E-state index contributed by atoms with van der Waals surface area (Å²) < 4.78 is 19.2. The van der Waals surface area contributed by atoms with Gasteiger partial charge in [-0.2, -0.15) is 0 Å². The number of rotatable bonds is 4. The Bertz CT molecular complexity index is 631. The highest BCUT2D eigenvalue weighted by atomic mass is 79.9. The van der Waals surface area contributed by atoms with E-state index in [1.807, 2.05) is 0 Å². The molecule has 0 spiro atoms. The number of benzene rings is 2. The molecule has 2 aromatic carbocycles. The van der Waals surface area contributed by atoms with Gasteiger partial charge in [0.1, 0.15) is 11.9 Å². The van der Waals surface area contributed by atoms with E-state index in [0.717, 1.165) is 5.56 Å². The minimum Gasteiger partial charge on any atom is -0.479 e. The molecule has 0 aliphatic heterocycles. The van der Waals surface area contributed by atoms with Crippen LogP contribution in [0.3, 0.4) is 0 Å². The zero-order valence-electron chi connectivity index (χ0n) is 10.5. The Morgan fingerprint density at radius 1 is 1.25 bits per heavy atom. The van der Waals surface area contributed by atoms with Crippen molar-refractivity contribution in [3.63, 3.8) is 0 Å². The molecule has 104 valence electrons. The second-order valence-electron chi connectivity index (χ2n) is 4.18. The van der Waals surface area contributed by atoms with E-state index >= 15 is 0 Å². The number of nitro benzene ring substituents is 1. The lowest BCUT2D eigenvalue weighted by Crippen LogP contribution is -2.05. The molecule has 2 rings (SSSR count). The molecule has 0 saturated carbocycles. The molecular formula is C14H11BrFNO3. The first kappa shape index (κ1) is 14.5. The van der Waals surface area contributed by atoms with Crippen LogP contribution in [0.25, 0.3) is 0 Å². The summed E-state index contributed by atoms with van der Waals surface area (Å²) in [5.74, 6) is -0.171. The van der Waals surface area contributed by atoms with Crippen LogP contribution in [0.5, 0.6) is 5.75 Å². The molecule has 6 heteroatoms. The minimum absolute atomic E-state index is 0.109. The average Bonchev–Trinajstić information content (AvgIpc) is 2.39. The largest absolute Gasteiger partial charge is 0.479 e. The van der Waals surface area contributed by atoms with E-state index in [1.54, 1.807) is 25.1 Å². The van der Waals surface area contributed by atoms with Crippen LogP contribution in [0.2, 0.25) is 0 Å². The quantitative estimate of drug-likeness (QED) is 0.602. The number of nitrogens with zero attached hydrogens (tertiary/aromatic N) is 1. The highest BCUT2D eigenvalue weighted by molar-refractivity contribution is 9.10. The summed E-state index contributed by atoms with van der Waals surface area (Å²) in [4.78, 5) is 10.5. The normalized spacial score (nSPS) is 11.9. The van der Waals surface area contributed by atoms with Gasteiger partial charge in [-0.15, -0.1) is 0 Å². The smallest absolute Gasteiger partial charge is 0.311 e. The van der Waals surface area contributed by atoms with Crippen LogP contribution < -0.4 is 4.74 Å². The van der Waals surface area contributed by atoms with Gasteiger partial charge in [0, 0.05) is 16.6 Å². The van der Waals surface area contributed by atoms with Crippen LogP contribution in [0.4, 0.5) is 10.1 Å². The Balaban J connectivity index is 2.27. The van der Waals surface area contributed by atoms with Gasteiger partial charge in [-0.25, -0.2) is 4.39 Å². The third-order valence-electron chi connectivity index (χ3n) is 2.76. The van der Waals surface area contributed by atoms with Crippen molar-refractivity contribution in [2.45, 2.75) is 13.0 Å². The van der Waals surface area contributed by atoms with Crippen molar-refractivity contribution in [2.75, 3.05) is 0 Å². The van der Waals surface area contributed by atoms with E-state index in [9.17, 15) is 14.5 Å². The maximum absolute atomic E-state index is 12.9. The lowest BCUT2D eigenvalue weighted by atomic mass is 10.1. The van der Waals surface area contributed by atoms with E-state index in [1.165, 1.54) is 24.3 Å². The van der Waals surface area contributed by atoms with Gasteiger partial charge in [0.05, 0.1) is 4.92 Å². The number of ether oxygens (including phenoxy) is 1. The maximum Gasteiger partial charge on any atom is 0.311 e. The molecule has 0 bridgehead atoms. The highest BCUT2D eigenvalue weighted by Crippen LogP contribution is 2.33. The average molecular weight is 340 g/mol. The number of halogens is 2. The van der Waals surface area contributed by atoms with Crippen molar-refractivity contribution in [1.82, 2.24) is 0 Å². The maximum atomic E-state index is 12.9. The van der Waals surface area contributed by atoms with Crippen molar-refractivity contribution in [3.8, 4) is 5.75 Å². The Morgan fingerprint density at radius 2 is 1.90 bits per heavy atom. The Morgan fingerprint density at radius 3 is 2.50 bits per heavy atom. The summed E-state index contributed by atoms with van der Waals surface area (Å²) in [7, 11) is 0. The first-order chi connectivity index (χ1) is 9.47. The van der Waals surface area contributed by atoms with Gasteiger partial charge < -0.3 is 4.74 Å². The molecule has 0 fully saturated rings. The Kier molecular flexibility index (Phi) is 4.34. The van der Waals surface area contributed by atoms with Crippen LogP contribution in [0, 0.1) is 15.9 Å². The summed E-state index contributed by atoms with van der Waals surface area (Å²) >= 11 is 3.25. The van der Waals surface area contributed by atoms with Gasteiger partial charge in [-0.3, -0.25) is 10.1 Å². The monoisotopic (exact) mass is 339 g/mol. The van der Waals surface area contributed by atoms with Crippen LogP contribution in [-0.4, -0.2) is 4.92 Å². The Hall–Kier alpha value is -1.95. The molecule has 2 aromatic rings. The zero-order valence-corrected chi connectivity index (χ0v) is 12.1. The van der Waals surface area contributed by atoms with Gasteiger partial charge in [0.2, 0.25) is 0 Å². The standard InChI is InChI=1S/C14H11BrFNO3/c1-9(10-2-5-12(16)6-3-10)20-14-8-11(15)4-7-13(14)17(18)19/h2-9H,1H3. The van der Waals surface area contributed by atoms with E-state index in [2.05, 4.69) is 15.9 Å². The second-order valence-corrected chi connectivity index (χ2v) is 5.10. The predicted octanol–water partition coefficient (Wildman–Crippen LogP) is 4.64. The molecule has 0 aliphatic rings. The molecule has 0 heterocycles. The number of hydrogen-bond acceptors (Lipinski definition) is 3. The van der Waals surface area contributed by atoms with Crippen LogP contribution in [0.1, 0.15) is 18.6 Å². The third-order valence-corrected chi connectivity index (χ3v) is 3.25. The number of hydrogen-bond donors (Lipinski definition) is 0. The lowest BCUT2D eigenvalue weighted by molar-refractivity contribution is -0.386. The zero-order chi connectivity index (χ0) is 14.7. The van der Waals surface area contributed by atoms with Crippen LogP contribution in [-0.2, 0) is 0 Å². The van der Waals surface area contributed by atoms with Crippen molar-refractivity contribution in [2.24, 2.45) is 0 Å². The van der Waals surface area contributed by atoms with Gasteiger partial charge in [0.15, 0.2) is 5.75 Å². The summed E-state index contributed by atoms with van der Waals surface area (Å²) in [6.07, 6.45) is -0.427. The van der Waals surface area contributed by atoms with Gasteiger partial charge in [0.25, 0.3) is 0 Å². The molecule has 0 aliphatic carbocycles. The summed E-state index contributed by atoms with van der Waals surface area (Å²) in [6.45, 7) is 1.75. The molecule has 1 unspecified atom stereocenters. The van der Waals surface area contributed by atoms with Gasteiger partial charge in [-0.1, -0.05) is 28.1 Å². The second kappa shape index (κ2) is 6.00. The fourth-order valence-electron chi connectivity index (χ4n) is 1.73. The summed E-state index contributed by atoms with van der Waals surface area (Å²) in [5, 5.41) is 11.0. The fraction of sp³-hybridized carbons (Fsp3) is 0.143. The highest BCUT2D eigenvalue weighted by Gasteiger charge is 2.18. The SMILES string of the molecule is CC(Oc1cc(Br)ccc1[N+](=O)[O-])c1ccc(F)cc1. The molecule has 20 heavy (non-hydrogen) atoms. The van der Waals surface area contributed by atoms with Crippen molar-refractivity contribution < 1.29 is 14.1 Å². The topological polar surface area (TPSA) is 52.4 Å². The van der Waals surface area contributed by atoms with E-state index < -0.39 is 11.0 Å². The fourth-order valence-corrected chi connectivity index (χ4v) is 2.07. The number of nitro groups is 1. The van der Waals surface area contributed by atoms with Crippen LogP contribution >= 0.6 is 15.9 Å². The molecule has 1 atom stereocenters. The van der Waals surface area contributed by atoms with Crippen molar-refractivity contribution in [3.05, 3.63) is 68.4 Å². The first-order valence-corrected chi connectivity index (χ1v) is 6.62. The van der Waals surface area contributed by atoms with Gasteiger partial charge >= 0.3 is 5.69 Å². The van der Waals surface area contributed by atoms with Crippen LogP contribution in [0.15, 0.2) is 46.9 Å². The lowest BCUT2D eigenvalue weighted by Gasteiger charge is -2.15. The molecule has 0 aromatic heterocycles. The molecule has 0 N–H and O–H groups in total. The molecule has 0 saturated heterocycles. The molecule has 0 amide bonds. The molecule has 0 radical (unpaired) electrons. The predicted molar refractivity (Wildman–Crippen MR) is 76.2 cm³/mol. The molecule has 4 nitrogen and oxygen atoms in total. The Labute approximate surface area is 123 Å². The molecular weight excluding hydrogens is 329 g/mol. The van der Waals surface area contributed by atoms with Crippen molar-refractivity contribution in [1.29, 1.82) is 0 Å². The van der Waals surface area contributed by atoms with Gasteiger partial charge in [-0.05, 0) is 30.7 Å². The summed E-state index contributed by atoms with van der Waals surface area (Å²) in [6, 6.07) is 10.3. The van der Waals surface area contributed by atoms with E-state index in [4.69, 9.17) is 4.74 Å². The first-order valence-electron chi connectivity index (χ1n) is 5.83. The van der Waals surface area contributed by atoms with E-state index in [0.29, 0.717) is 4.47 Å². The minimum atomic E-state index is -0.501. The third kappa shape index (κ3) is 3.33. The summed E-state index contributed by atoms with van der Waals surface area (Å²) in [5.41, 5.74) is 0.628. The van der Waals surface area contributed by atoms with Crippen molar-refractivity contribution >= 4 is 21.6 Å². The van der Waals surface area contributed by atoms with E-state index in [-0.39, 0.29) is 17.3 Å².